The Hall–Kier alpha value is -3.08. The van der Waals surface area contributed by atoms with E-state index in [0.717, 1.165) is 11.3 Å². The summed E-state index contributed by atoms with van der Waals surface area (Å²) < 4.78 is 1.39. The van der Waals surface area contributed by atoms with Crippen LogP contribution in [0.1, 0.15) is 15.9 Å². The molecule has 0 saturated carbocycles. The van der Waals surface area contributed by atoms with Crippen LogP contribution in [0.25, 0.3) is 5.69 Å². The minimum atomic E-state index is -0.312. The van der Waals surface area contributed by atoms with E-state index in [9.17, 15) is 9.59 Å². The minimum Gasteiger partial charge on any atom is -0.316 e. The lowest BCUT2D eigenvalue weighted by atomic mass is 10.2. The second kappa shape index (κ2) is 5.73. The van der Waals surface area contributed by atoms with Crippen molar-refractivity contribution in [3.8, 4) is 5.69 Å². The summed E-state index contributed by atoms with van der Waals surface area (Å²) in [6.45, 7) is 1.98. The van der Waals surface area contributed by atoms with E-state index in [4.69, 9.17) is 0 Å². The average Bonchev–Trinajstić information content (AvgIpc) is 2.90. The average molecular weight is 293 g/mol. The molecule has 0 atom stereocenters. The second-order valence-electron chi connectivity index (χ2n) is 4.98. The zero-order chi connectivity index (χ0) is 15.5. The Kier molecular flexibility index (Phi) is 3.62. The monoisotopic (exact) mass is 293 g/mol. The molecule has 110 valence electrons. The van der Waals surface area contributed by atoms with Gasteiger partial charge in [-0.15, -0.1) is 0 Å². The molecule has 3 aromatic rings. The van der Waals surface area contributed by atoms with E-state index in [1.54, 1.807) is 24.3 Å². The Bertz CT molecular complexity index is 846. The Morgan fingerprint density at radius 2 is 1.73 bits per heavy atom. The van der Waals surface area contributed by atoms with Gasteiger partial charge in [-0.2, -0.15) is 0 Å². The summed E-state index contributed by atoms with van der Waals surface area (Å²) in [7, 11) is 0. The molecule has 5 heteroatoms. The fourth-order valence-corrected chi connectivity index (χ4v) is 2.13. The maximum absolute atomic E-state index is 12.3. The number of amides is 1. The maximum Gasteiger partial charge on any atom is 0.294 e. The number of aromatic nitrogens is 2. The van der Waals surface area contributed by atoms with Gasteiger partial charge in [-0.05, 0) is 31.2 Å². The number of benzene rings is 2. The molecule has 2 aromatic carbocycles. The number of H-pyrrole nitrogens is 1. The van der Waals surface area contributed by atoms with Crippen molar-refractivity contribution < 1.29 is 4.79 Å². The molecule has 0 unspecified atom stereocenters. The molecular formula is C17H15N3O2. The minimum absolute atomic E-state index is 0.217. The van der Waals surface area contributed by atoms with Crippen LogP contribution in [0.3, 0.4) is 0 Å². The molecule has 2 N–H and O–H groups in total. The van der Waals surface area contributed by atoms with Crippen molar-refractivity contribution in [1.82, 2.24) is 9.78 Å². The fourth-order valence-electron chi connectivity index (χ4n) is 2.13. The molecule has 22 heavy (non-hydrogen) atoms. The van der Waals surface area contributed by atoms with Gasteiger partial charge in [0.05, 0.1) is 5.69 Å². The summed E-state index contributed by atoms with van der Waals surface area (Å²) in [5.41, 5.74) is 2.25. The third-order valence-electron chi connectivity index (χ3n) is 3.35. The number of nitrogens with zero attached hydrogens (tertiary/aromatic N) is 1. The lowest BCUT2D eigenvalue weighted by Crippen LogP contribution is -2.21. The topological polar surface area (TPSA) is 66.9 Å². The summed E-state index contributed by atoms with van der Waals surface area (Å²) in [5, 5.41) is 5.48. The zero-order valence-electron chi connectivity index (χ0n) is 12.0. The third-order valence-corrected chi connectivity index (χ3v) is 3.35. The highest BCUT2D eigenvalue weighted by atomic mass is 16.2. The zero-order valence-corrected chi connectivity index (χ0v) is 12.0. The summed E-state index contributed by atoms with van der Waals surface area (Å²) in [5.74, 6) is -0.312. The number of carbonyl (C=O) groups excluding carboxylic acids is 1. The molecule has 0 saturated heterocycles. The summed E-state index contributed by atoms with van der Waals surface area (Å²) in [6, 6.07) is 16.3. The van der Waals surface area contributed by atoms with Crippen LogP contribution in [0, 0.1) is 6.92 Å². The van der Waals surface area contributed by atoms with Gasteiger partial charge in [0.1, 0.15) is 5.69 Å². The molecule has 1 aromatic heterocycles. The molecule has 5 nitrogen and oxygen atoms in total. The largest absolute Gasteiger partial charge is 0.316 e. The van der Waals surface area contributed by atoms with E-state index >= 15 is 0 Å². The van der Waals surface area contributed by atoms with Crippen molar-refractivity contribution in [2.24, 2.45) is 0 Å². The molecular weight excluding hydrogens is 278 g/mol. The fraction of sp³-hybridized carbons (Fsp3) is 0.0588. The Labute approximate surface area is 127 Å². The van der Waals surface area contributed by atoms with E-state index < -0.39 is 0 Å². The lowest BCUT2D eigenvalue weighted by Gasteiger charge is -2.02. The first kappa shape index (κ1) is 13.9. The highest BCUT2D eigenvalue weighted by Gasteiger charge is 2.11. The van der Waals surface area contributed by atoms with Crippen molar-refractivity contribution in [1.29, 1.82) is 0 Å². The van der Waals surface area contributed by atoms with Crippen LogP contribution in [0.15, 0.2) is 65.6 Å². The highest BCUT2D eigenvalue weighted by Crippen LogP contribution is 2.09. The van der Waals surface area contributed by atoms with Crippen molar-refractivity contribution in [2.75, 3.05) is 5.32 Å². The van der Waals surface area contributed by atoms with E-state index in [1.165, 1.54) is 10.9 Å². The molecule has 0 aliphatic carbocycles. The van der Waals surface area contributed by atoms with Gasteiger partial charge in [-0.3, -0.25) is 14.7 Å². The number of aryl methyl sites for hydroxylation is 1. The van der Waals surface area contributed by atoms with Crippen LogP contribution < -0.4 is 10.9 Å². The van der Waals surface area contributed by atoms with Crippen molar-refractivity contribution in [3.63, 3.8) is 0 Å². The van der Waals surface area contributed by atoms with Crippen LogP contribution in [-0.2, 0) is 0 Å². The summed E-state index contributed by atoms with van der Waals surface area (Å²) in [4.78, 5) is 24.4. The van der Waals surface area contributed by atoms with E-state index in [-0.39, 0.29) is 17.2 Å². The van der Waals surface area contributed by atoms with Crippen LogP contribution in [0.4, 0.5) is 5.69 Å². The molecule has 0 radical (unpaired) electrons. The number of hydrogen-bond acceptors (Lipinski definition) is 2. The van der Waals surface area contributed by atoms with Crippen LogP contribution in [0.5, 0.6) is 0 Å². The molecule has 3 rings (SSSR count). The van der Waals surface area contributed by atoms with Gasteiger partial charge in [0.25, 0.3) is 11.5 Å². The van der Waals surface area contributed by atoms with Gasteiger partial charge in [-0.1, -0.05) is 35.9 Å². The number of rotatable bonds is 3. The van der Waals surface area contributed by atoms with Crippen molar-refractivity contribution in [3.05, 3.63) is 82.3 Å². The SMILES string of the molecule is Cc1ccc(-n2[nH]cc(NC(=O)c3ccccc3)c2=O)cc1. The molecule has 0 spiro atoms. The summed E-state index contributed by atoms with van der Waals surface area (Å²) >= 11 is 0. The predicted molar refractivity (Wildman–Crippen MR) is 85.5 cm³/mol. The lowest BCUT2D eigenvalue weighted by molar-refractivity contribution is 0.102. The second-order valence-corrected chi connectivity index (χ2v) is 4.98. The maximum atomic E-state index is 12.3. The normalized spacial score (nSPS) is 10.4. The number of nitrogens with one attached hydrogen (secondary N) is 2. The Morgan fingerprint density at radius 1 is 1.05 bits per heavy atom. The first-order chi connectivity index (χ1) is 10.6. The van der Waals surface area contributed by atoms with Crippen LogP contribution in [-0.4, -0.2) is 15.7 Å². The number of anilines is 1. The quantitative estimate of drug-likeness (QED) is 0.779. The molecule has 0 bridgehead atoms. The van der Waals surface area contributed by atoms with E-state index in [2.05, 4.69) is 10.4 Å². The molecule has 1 heterocycles. The molecule has 0 aliphatic heterocycles. The van der Waals surface area contributed by atoms with E-state index in [1.807, 2.05) is 37.3 Å². The molecule has 0 aliphatic rings. The standard InChI is InChI=1S/C17H15N3O2/c1-12-7-9-14(10-8-12)20-17(22)15(11-18-20)19-16(21)13-5-3-2-4-6-13/h2-11,18H,1H3,(H,19,21). The number of hydrogen-bond donors (Lipinski definition) is 2. The van der Waals surface area contributed by atoms with E-state index in [0.29, 0.717) is 5.56 Å². The van der Waals surface area contributed by atoms with Gasteiger partial charge in [-0.25, -0.2) is 4.68 Å². The Balaban J connectivity index is 1.86. The van der Waals surface area contributed by atoms with Gasteiger partial charge in [0.15, 0.2) is 0 Å². The third kappa shape index (κ3) is 2.69. The van der Waals surface area contributed by atoms with Crippen molar-refractivity contribution >= 4 is 11.6 Å². The Morgan fingerprint density at radius 3 is 2.41 bits per heavy atom. The first-order valence-corrected chi connectivity index (χ1v) is 6.89. The van der Waals surface area contributed by atoms with Crippen LogP contribution in [0.2, 0.25) is 0 Å². The predicted octanol–water partition coefficient (Wildman–Crippen LogP) is 2.73. The first-order valence-electron chi connectivity index (χ1n) is 6.89. The van der Waals surface area contributed by atoms with Gasteiger partial charge in [0.2, 0.25) is 0 Å². The molecule has 1 amide bonds. The van der Waals surface area contributed by atoms with Crippen molar-refractivity contribution in [2.45, 2.75) is 6.92 Å². The van der Waals surface area contributed by atoms with Gasteiger partial charge in [0, 0.05) is 11.8 Å². The van der Waals surface area contributed by atoms with Gasteiger partial charge < -0.3 is 5.32 Å². The van der Waals surface area contributed by atoms with Crippen LogP contribution >= 0.6 is 0 Å². The smallest absolute Gasteiger partial charge is 0.294 e. The molecule has 0 fully saturated rings. The summed E-state index contributed by atoms with van der Waals surface area (Å²) in [6.07, 6.45) is 1.49. The number of aromatic amines is 1. The number of carbonyl (C=O) groups is 1. The highest BCUT2D eigenvalue weighted by molar-refractivity contribution is 6.04. The van der Waals surface area contributed by atoms with Gasteiger partial charge >= 0.3 is 0 Å².